The Labute approximate surface area is 148 Å². The van der Waals surface area contributed by atoms with Gasteiger partial charge in [-0.25, -0.2) is 0 Å². The van der Waals surface area contributed by atoms with Crippen molar-refractivity contribution < 1.29 is 14.3 Å². The van der Waals surface area contributed by atoms with Crippen LogP contribution in [0.5, 0.6) is 11.5 Å². The highest BCUT2D eigenvalue weighted by Crippen LogP contribution is 2.28. The molecule has 1 amide bonds. The van der Waals surface area contributed by atoms with Crippen LogP contribution in [0, 0.1) is 0 Å². The van der Waals surface area contributed by atoms with Crippen LogP contribution in [0.3, 0.4) is 0 Å². The minimum Gasteiger partial charge on any atom is -0.493 e. The van der Waals surface area contributed by atoms with Crippen LogP contribution in [0.1, 0.15) is 17.4 Å². The minimum absolute atomic E-state index is 0.136. The van der Waals surface area contributed by atoms with Crippen molar-refractivity contribution in [2.24, 2.45) is 0 Å². The largest absolute Gasteiger partial charge is 0.493 e. The maximum atomic E-state index is 11.9. The van der Waals surface area contributed by atoms with E-state index in [2.05, 4.69) is 21.2 Å². The number of carbonyl (C=O) groups excluding carboxylic acids is 1. The van der Waals surface area contributed by atoms with Crippen LogP contribution in [0.25, 0.3) is 6.08 Å². The number of carbonyl (C=O) groups is 1. The number of hydrogen-bond acceptors (Lipinski definition) is 4. The molecule has 2 aromatic rings. The summed E-state index contributed by atoms with van der Waals surface area (Å²) in [5, 5.41) is 4.84. The molecule has 0 fully saturated rings. The molecule has 0 saturated heterocycles. The molecule has 2 rings (SSSR count). The van der Waals surface area contributed by atoms with Crippen LogP contribution in [-0.4, -0.2) is 19.6 Å². The van der Waals surface area contributed by atoms with Gasteiger partial charge in [-0.15, -0.1) is 11.3 Å². The second-order valence-corrected chi connectivity index (χ2v) is 6.54. The van der Waals surface area contributed by atoms with Gasteiger partial charge < -0.3 is 14.8 Å². The molecule has 1 aromatic heterocycles. The molecular formula is C17H18BrNO3S. The second-order valence-electron chi connectivity index (χ2n) is 4.63. The molecule has 4 nitrogen and oxygen atoms in total. The highest BCUT2D eigenvalue weighted by Gasteiger charge is 2.04. The van der Waals surface area contributed by atoms with E-state index in [1.165, 1.54) is 6.08 Å². The van der Waals surface area contributed by atoms with Crippen LogP contribution in [0.15, 0.2) is 40.2 Å². The Hall–Kier alpha value is -1.79. The average molecular weight is 396 g/mol. The number of thiophene rings is 1. The number of halogens is 1. The third-order valence-corrected chi connectivity index (χ3v) is 4.67. The fourth-order valence-electron chi connectivity index (χ4n) is 1.92. The summed E-state index contributed by atoms with van der Waals surface area (Å²) >= 11 is 4.99. The molecule has 1 heterocycles. The number of hydrogen-bond donors (Lipinski definition) is 1. The lowest BCUT2D eigenvalue weighted by atomic mass is 10.2. The number of nitrogens with one attached hydrogen (secondary N) is 1. The van der Waals surface area contributed by atoms with Gasteiger partial charge in [0.05, 0.1) is 20.3 Å². The zero-order chi connectivity index (χ0) is 16.7. The average Bonchev–Trinajstić information content (AvgIpc) is 2.97. The molecule has 122 valence electrons. The molecular weight excluding hydrogens is 378 g/mol. The first-order valence-corrected chi connectivity index (χ1v) is 8.79. The Morgan fingerprint density at radius 1 is 1.35 bits per heavy atom. The highest BCUT2D eigenvalue weighted by atomic mass is 79.9. The second kappa shape index (κ2) is 8.74. The summed E-state index contributed by atoms with van der Waals surface area (Å²) in [5.41, 5.74) is 0.878. The lowest BCUT2D eigenvalue weighted by molar-refractivity contribution is -0.116. The van der Waals surface area contributed by atoms with Crippen molar-refractivity contribution in [1.82, 2.24) is 5.32 Å². The van der Waals surface area contributed by atoms with Gasteiger partial charge in [0.25, 0.3) is 0 Å². The molecule has 0 spiro atoms. The van der Waals surface area contributed by atoms with Crippen molar-refractivity contribution in [1.29, 1.82) is 0 Å². The van der Waals surface area contributed by atoms with Crippen LogP contribution in [0.4, 0.5) is 0 Å². The summed E-state index contributed by atoms with van der Waals surface area (Å²) in [6, 6.07) is 7.54. The lowest BCUT2D eigenvalue weighted by Gasteiger charge is -2.09. The van der Waals surface area contributed by atoms with Gasteiger partial charge in [0.2, 0.25) is 5.91 Å². The summed E-state index contributed by atoms with van der Waals surface area (Å²) in [4.78, 5) is 13.0. The standard InChI is InChI=1S/C17H18BrNO3S/c1-3-22-16-8-12(4-6-15(16)21-2)5-7-17(20)19-10-14-9-13(18)11-23-14/h4-9,11H,3,10H2,1-2H3,(H,19,20). The number of rotatable bonds is 7. The van der Waals surface area contributed by atoms with Crippen molar-refractivity contribution in [3.05, 3.63) is 50.6 Å². The Balaban J connectivity index is 1.95. The molecule has 0 aliphatic carbocycles. The summed E-state index contributed by atoms with van der Waals surface area (Å²) in [7, 11) is 1.60. The van der Waals surface area contributed by atoms with E-state index in [-0.39, 0.29) is 5.91 Å². The number of benzene rings is 1. The van der Waals surface area contributed by atoms with Crippen LogP contribution in [0.2, 0.25) is 0 Å². The number of methoxy groups -OCH3 is 1. The van der Waals surface area contributed by atoms with Gasteiger partial charge in [-0.3, -0.25) is 4.79 Å². The van der Waals surface area contributed by atoms with E-state index in [1.807, 2.05) is 36.6 Å². The maximum absolute atomic E-state index is 11.9. The monoisotopic (exact) mass is 395 g/mol. The van der Waals surface area contributed by atoms with E-state index >= 15 is 0 Å². The highest BCUT2D eigenvalue weighted by molar-refractivity contribution is 9.10. The third kappa shape index (κ3) is 5.41. The van der Waals surface area contributed by atoms with Crippen molar-refractivity contribution >= 4 is 39.2 Å². The van der Waals surface area contributed by atoms with E-state index in [9.17, 15) is 4.79 Å². The summed E-state index contributed by atoms with van der Waals surface area (Å²) in [6.07, 6.45) is 3.27. The normalized spacial score (nSPS) is 10.7. The zero-order valence-corrected chi connectivity index (χ0v) is 15.4. The van der Waals surface area contributed by atoms with Crippen molar-refractivity contribution in [3.8, 4) is 11.5 Å². The Bertz CT molecular complexity index is 697. The van der Waals surface area contributed by atoms with E-state index < -0.39 is 0 Å². The quantitative estimate of drug-likeness (QED) is 0.712. The van der Waals surface area contributed by atoms with Crippen molar-refractivity contribution in [2.45, 2.75) is 13.5 Å². The van der Waals surface area contributed by atoms with Gasteiger partial charge in [0.1, 0.15) is 0 Å². The fraction of sp³-hybridized carbons (Fsp3) is 0.235. The van der Waals surface area contributed by atoms with Gasteiger partial charge in [0, 0.05) is 20.8 Å². The molecule has 1 aromatic carbocycles. The molecule has 23 heavy (non-hydrogen) atoms. The maximum Gasteiger partial charge on any atom is 0.244 e. The molecule has 0 aliphatic heterocycles. The third-order valence-electron chi connectivity index (χ3n) is 2.97. The molecule has 1 N–H and O–H groups in total. The van der Waals surface area contributed by atoms with Gasteiger partial charge in [-0.2, -0.15) is 0 Å². The predicted octanol–water partition coefficient (Wildman–Crippen LogP) is 4.25. The molecule has 0 saturated carbocycles. The van der Waals surface area contributed by atoms with E-state index in [1.54, 1.807) is 24.5 Å². The Kier molecular flexibility index (Phi) is 6.67. The first-order valence-electron chi connectivity index (χ1n) is 7.12. The topological polar surface area (TPSA) is 47.6 Å². The molecule has 0 radical (unpaired) electrons. The summed E-state index contributed by atoms with van der Waals surface area (Å²) in [6.45, 7) is 2.99. The van der Waals surface area contributed by atoms with Crippen LogP contribution >= 0.6 is 27.3 Å². The lowest BCUT2D eigenvalue weighted by Crippen LogP contribution is -2.19. The van der Waals surface area contributed by atoms with E-state index in [4.69, 9.17) is 9.47 Å². The Morgan fingerprint density at radius 2 is 2.17 bits per heavy atom. The van der Waals surface area contributed by atoms with Crippen molar-refractivity contribution in [3.63, 3.8) is 0 Å². The SMILES string of the molecule is CCOc1cc(C=CC(=O)NCc2cc(Br)cs2)ccc1OC. The fourth-order valence-corrected chi connectivity index (χ4v) is 3.31. The predicted molar refractivity (Wildman–Crippen MR) is 97.1 cm³/mol. The summed E-state index contributed by atoms with van der Waals surface area (Å²) in [5.74, 6) is 1.21. The van der Waals surface area contributed by atoms with Gasteiger partial charge >= 0.3 is 0 Å². The number of amides is 1. The van der Waals surface area contributed by atoms with Gasteiger partial charge in [-0.05, 0) is 52.7 Å². The van der Waals surface area contributed by atoms with E-state index in [0.29, 0.717) is 24.7 Å². The molecule has 6 heteroatoms. The van der Waals surface area contributed by atoms with Gasteiger partial charge in [-0.1, -0.05) is 6.07 Å². The van der Waals surface area contributed by atoms with Gasteiger partial charge in [0.15, 0.2) is 11.5 Å². The minimum atomic E-state index is -0.136. The Morgan fingerprint density at radius 3 is 2.83 bits per heavy atom. The van der Waals surface area contributed by atoms with Crippen LogP contribution in [-0.2, 0) is 11.3 Å². The molecule has 0 unspecified atom stereocenters. The smallest absolute Gasteiger partial charge is 0.244 e. The molecule has 0 atom stereocenters. The zero-order valence-electron chi connectivity index (χ0n) is 13.0. The summed E-state index contributed by atoms with van der Waals surface area (Å²) < 4.78 is 11.8. The number of ether oxygens (including phenoxy) is 2. The molecule has 0 bridgehead atoms. The van der Waals surface area contributed by atoms with Crippen molar-refractivity contribution in [2.75, 3.05) is 13.7 Å². The first kappa shape index (κ1) is 17.6. The van der Waals surface area contributed by atoms with E-state index in [0.717, 1.165) is 14.9 Å². The van der Waals surface area contributed by atoms with Crippen LogP contribution < -0.4 is 14.8 Å². The molecule has 0 aliphatic rings. The first-order chi connectivity index (χ1) is 11.1.